The van der Waals surface area contributed by atoms with Gasteiger partial charge in [-0.2, -0.15) is 0 Å². The molecule has 1 amide bonds. The summed E-state index contributed by atoms with van der Waals surface area (Å²) in [7, 11) is 1.48. The second kappa shape index (κ2) is 8.15. The highest BCUT2D eigenvalue weighted by Gasteiger charge is 2.43. The topological polar surface area (TPSA) is 76.1 Å². The molecule has 0 aliphatic carbocycles. The van der Waals surface area contributed by atoms with E-state index >= 15 is 0 Å². The molecule has 1 aliphatic heterocycles. The van der Waals surface area contributed by atoms with Gasteiger partial charge in [-0.3, -0.25) is 9.59 Å². The number of carboxylic acids is 1. The highest BCUT2D eigenvalue weighted by atomic mass is 16.5. The van der Waals surface area contributed by atoms with Gasteiger partial charge in [0.15, 0.2) is 6.61 Å². The number of carbonyl (C=O) groups is 2. The van der Waals surface area contributed by atoms with Crippen molar-refractivity contribution in [2.45, 2.75) is 26.2 Å². The van der Waals surface area contributed by atoms with Crippen LogP contribution in [0.1, 0.15) is 25.3 Å². The second-order valence-electron chi connectivity index (χ2n) is 6.19. The Morgan fingerprint density at radius 2 is 2.08 bits per heavy atom. The number of likely N-dealkylation sites (tertiary alicyclic amines) is 1. The molecule has 1 saturated heterocycles. The maximum atomic E-state index is 12.5. The normalized spacial score (nSPS) is 20.7. The number of benzene rings is 1. The van der Waals surface area contributed by atoms with Crippen LogP contribution in [0, 0.1) is 5.41 Å². The van der Waals surface area contributed by atoms with E-state index in [0.717, 1.165) is 12.0 Å². The molecule has 1 aromatic carbocycles. The van der Waals surface area contributed by atoms with Gasteiger partial charge < -0.3 is 19.5 Å². The third-order valence-corrected chi connectivity index (χ3v) is 4.51. The summed E-state index contributed by atoms with van der Waals surface area (Å²) in [6.45, 7) is 2.76. The average molecular weight is 335 g/mol. The molecule has 132 valence electrons. The largest absolute Gasteiger partial charge is 0.483 e. The number of amides is 1. The third-order valence-electron chi connectivity index (χ3n) is 4.51. The highest BCUT2D eigenvalue weighted by molar-refractivity contribution is 5.80. The minimum atomic E-state index is -1.02. The molecular weight excluding hydrogens is 310 g/mol. The van der Waals surface area contributed by atoms with Crippen molar-refractivity contribution in [3.8, 4) is 5.75 Å². The van der Waals surface area contributed by atoms with Gasteiger partial charge in [0.1, 0.15) is 11.2 Å². The Morgan fingerprint density at radius 3 is 2.75 bits per heavy atom. The predicted molar refractivity (Wildman–Crippen MR) is 89.1 cm³/mol. The summed E-state index contributed by atoms with van der Waals surface area (Å²) in [6.07, 6.45) is 1.98. The lowest BCUT2D eigenvalue weighted by atomic mass is 9.80. The van der Waals surface area contributed by atoms with Crippen molar-refractivity contribution in [2.75, 3.05) is 33.4 Å². The lowest BCUT2D eigenvalue weighted by Crippen LogP contribution is -2.53. The van der Waals surface area contributed by atoms with E-state index in [-0.39, 0.29) is 25.7 Å². The van der Waals surface area contributed by atoms with Gasteiger partial charge >= 0.3 is 5.97 Å². The van der Waals surface area contributed by atoms with Crippen LogP contribution in [0.4, 0.5) is 0 Å². The summed E-state index contributed by atoms with van der Waals surface area (Å²) in [5.74, 6) is -0.409. The van der Waals surface area contributed by atoms with Crippen LogP contribution < -0.4 is 4.74 Å². The van der Waals surface area contributed by atoms with E-state index in [1.807, 2.05) is 31.2 Å². The van der Waals surface area contributed by atoms with Crippen molar-refractivity contribution in [1.29, 1.82) is 0 Å². The molecule has 1 atom stereocenters. The van der Waals surface area contributed by atoms with Crippen LogP contribution in [-0.2, 0) is 20.7 Å². The first-order chi connectivity index (χ1) is 11.5. The summed E-state index contributed by atoms with van der Waals surface area (Å²) in [5, 5.41) is 9.55. The van der Waals surface area contributed by atoms with Gasteiger partial charge in [0.25, 0.3) is 5.91 Å². The number of aryl methyl sites for hydroxylation is 1. The van der Waals surface area contributed by atoms with E-state index in [2.05, 4.69) is 0 Å². The molecule has 1 N–H and O–H groups in total. The number of ether oxygens (including phenoxy) is 2. The van der Waals surface area contributed by atoms with Gasteiger partial charge in [-0.25, -0.2) is 0 Å². The fourth-order valence-corrected chi connectivity index (χ4v) is 3.14. The first kappa shape index (κ1) is 18.3. The first-order valence-corrected chi connectivity index (χ1v) is 8.23. The number of rotatable bonds is 7. The van der Waals surface area contributed by atoms with Gasteiger partial charge in [-0.05, 0) is 30.9 Å². The molecule has 6 nitrogen and oxygen atoms in total. The zero-order valence-electron chi connectivity index (χ0n) is 14.3. The molecule has 1 aromatic rings. The van der Waals surface area contributed by atoms with E-state index in [1.54, 1.807) is 4.90 Å². The number of carbonyl (C=O) groups excluding carboxylic acids is 1. The zero-order chi connectivity index (χ0) is 17.6. The summed E-state index contributed by atoms with van der Waals surface area (Å²) in [5.41, 5.74) is 0.0208. The van der Waals surface area contributed by atoms with Gasteiger partial charge in [0.2, 0.25) is 0 Å². The van der Waals surface area contributed by atoms with Crippen LogP contribution in [0.5, 0.6) is 5.75 Å². The Labute approximate surface area is 142 Å². The maximum Gasteiger partial charge on any atom is 0.313 e. The van der Waals surface area contributed by atoms with Crippen molar-refractivity contribution in [1.82, 2.24) is 4.90 Å². The minimum absolute atomic E-state index is 0.0836. The van der Waals surface area contributed by atoms with Crippen LogP contribution in [0.15, 0.2) is 24.3 Å². The molecule has 2 rings (SSSR count). The summed E-state index contributed by atoms with van der Waals surface area (Å²) in [6, 6.07) is 7.61. The number of nitrogens with zero attached hydrogens (tertiary/aromatic N) is 1. The average Bonchev–Trinajstić information content (AvgIpc) is 2.60. The van der Waals surface area contributed by atoms with E-state index < -0.39 is 11.4 Å². The highest BCUT2D eigenvalue weighted by Crippen LogP contribution is 2.31. The van der Waals surface area contributed by atoms with Gasteiger partial charge in [-0.1, -0.05) is 25.1 Å². The van der Waals surface area contributed by atoms with Gasteiger partial charge in [0.05, 0.1) is 6.61 Å². The van der Waals surface area contributed by atoms with Gasteiger partial charge in [-0.15, -0.1) is 0 Å². The number of piperidine rings is 1. The Hall–Kier alpha value is -2.08. The lowest BCUT2D eigenvalue weighted by molar-refractivity contribution is -0.159. The predicted octanol–water partition coefficient (Wildman–Crippen LogP) is 1.97. The first-order valence-electron chi connectivity index (χ1n) is 8.23. The SMILES string of the molecule is CCc1ccccc1OCC(=O)N1CCCC(COC)(C(=O)O)C1. The molecule has 1 aliphatic rings. The molecule has 0 aromatic heterocycles. The third kappa shape index (κ3) is 4.06. The molecule has 0 spiro atoms. The molecule has 1 heterocycles. The molecule has 0 radical (unpaired) electrons. The maximum absolute atomic E-state index is 12.5. The molecule has 24 heavy (non-hydrogen) atoms. The number of para-hydroxylation sites is 1. The van der Waals surface area contributed by atoms with E-state index in [0.29, 0.717) is 25.1 Å². The Morgan fingerprint density at radius 1 is 1.33 bits per heavy atom. The molecule has 0 saturated carbocycles. The van der Waals surface area contributed by atoms with Gasteiger partial charge in [0, 0.05) is 20.2 Å². The van der Waals surface area contributed by atoms with Crippen molar-refractivity contribution in [3.63, 3.8) is 0 Å². The van der Waals surface area contributed by atoms with Crippen molar-refractivity contribution in [2.24, 2.45) is 5.41 Å². The van der Waals surface area contributed by atoms with E-state index in [9.17, 15) is 14.7 Å². The number of carboxylic acid groups (broad SMARTS) is 1. The standard InChI is InChI=1S/C18H25NO5/c1-3-14-7-4-5-8-15(14)24-11-16(20)19-10-6-9-18(12-19,13-23-2)17(21)22/h4-5,7-8H,3,6,9-13H2,1-2H3,(H,21,22). The summed E-state index contributed by atoms with van der Waals surface area (Å²) in [4.78, 5) is 25.7. The number of aliphatic carboxylic acids is 1. The zero-order valence-corrected chi connectivity index (χ0v) is 14.3. The van der Waals surface area contributed by atoms with Crippen LogP contribution in [0.3, 0.4) is 0 Å². The lowest BCUT2D eigenvalue weighted by Gasteiger charge is -2.39. The molecule has 1 unspecified atom stereocenters. The van der Waals surface area contributed by atoms with Crippen LogP contribution in [0.25, 0.3) is 0 Å². The smallest absolute Gasteiger partial charge is 0.313 e. The van der Waals surface area contributed by atoms with Crippen molar-refractivity contribution in [3.05, 3.63) is 29.8 Å². The number of hydrogen-bond donors (Lipinski definition) is 1. The fourth-order valence-electron chi connectivity index (χ4n) is 3.14. The quantitative estimate of drug-likeness (QED) is 0.824. The molecule has 0 bridgehead atoms. The molecule has 6 heteroatoms. The Balaban J connectivity index is 2.00. The van der Waals surface area contributed by atoms with Crippen LogP contribution in [0.2, 0.25) is 0 Å². The second-order valence-corrected chi connectivity index (χ2v) is 6.19. The van der Waals surface area contributed by atoms with E-state index in [4.69, 9.17) is 9.47 Å². The van der Waals surface area contributed by atoms with E-state index in [1.165, 1.54) is 7.11 Å². The van der Waals surface area contributed by atoms with Crippen molar-refractivity contribution >= 4 is 11.9 Å². The number of methoxy groups -OCH3 is 1. The molecule has 1 fully saturated rings. The monoisotopic (exact) mass is 335 g/mol. The molecular formula is C18H25NO5. The number of hydrogen-bond acceptors (Lipinski definition) is 4. The minimum Gasteiger partial charge on any atom is -0.483 e. The van der Waals surface area contributed by atoms with Crippen molar-refractivity contribution < 1.29 is 24.2 Å². The Bertz CT molecular complexity index is 585. The van der Waals surface area contributed by atoms with Crippen LogP contribution >= 0.6 is 0 Å². The van der Waals surface area contributed by atoms with Crippen LogP contribution in [-0.4, -0.2) is 55.3 Å². The Kier molecular flexibility index (Phi) is 6.20. The summed E-state index contributed by atoms with van der Waals surface area (Å²) >= 11 is 0. The summed E-state index contributed by atoms with van der Waals surface area (Å²) < 4.78 is 10.7. The fraction of sp³-hybridized carbons (Fsp3) is 0.556.